The quantitative estimate of drug-likeness (QED) is 0.674. The Bertz CT molecular complexity index is 409. The predicted octanol–water partition coefficient (Wildman–Crippen LogP) is 5.04. The maximum atomic E-state index is 12.3. The van der Waals surface area contributed by atoms with Crippen LogP contribution in [0.5, 0.6) is 0 Å². The van der Waals surface area contributed by atoms with Gasteiger partial charge in [0.2, 0.25) is 0 Å². The molecule has 2 unspecified atom stereocenters. The van der Waals surface area contributed by atoms with Gasteiger partial charge in [0.05, 0.1) is 0 Å². The van der Waals surface area contributed by atoms with Gasteiger partial charge in [0.25, 0.3) is 0 Å². The molecule has 0 bridgehead atoms. The van der Waals surface area contributed by atoms with E-state index < -0.39 is 13.9 Å². The minimum Gasteiger partial charge on any atom is -0.444 e. The van der Waals surface area contributed by atoms with Crippen molar-refractivity contribution in [1.29, 1.82) is 0 Å². The summed E-state index contributed by atoms with van der Waals surface area (Å²) in [5, 5.41) is 0.246. The van der Waals surface area contributed by atoms with Crippen molar-refractivity contribution in [1.82, 2.24) is 4.90 Å². The molecule has 1 saturated heterocycles. The van der Waals surface area contributed by atoms with Crippen LogP contribution in [0.1, 0.15) is 61.3 Å². The van der Waals surface area contributed by atoms with E-state index in [1.165, 1.54) is 0 Å². The van der Waals surface area contributed by atoms with Crippen LogP contribution in [0.3, 0.4) is 0 Å². The summed E-state index contributed by atoms with van der Waals surface area (Å²) in [6.45, 7) is 20.8. The molecule has 1 aliphatic rings. The fourth-order valence-electron chi connectivity index (χ4n) is 2.56. The number of carbonyl (C=O) groups is 1. The number of hydrogen-bond donors (Lipinski definition) is 0. The normalized spacial score (nSPS) is 23.8. The average Bonchev–Trinajstić information content (AvgIpc) is 2.32. The molecule has 2 atom stereocenters. The molecule has 0 saturated carbocycles. The number of rotatable bonds is 3. The summed E-state index contributed by atoms with van der Waals surface area (Å²) in [5.74, 6) is 0.540. The van der Waals surface area contributed by atoms with E-state index >= 15 is 0 Å². The summed E-state index contributed by atoms with van der Waals surface area (Å²) in [4.78, 5) is 14.1. The van der Waals surface area contributed by atoms with Crippen molar-refractivity contribution in [3.63, 3.8) is 0 Å². The Morgan fingerprint density at radius 3 is 2.17 bits per heavy atom. The lowest BCUT2D eigenvalue weighted by Crippen LogP contribution is -2.48. The third-order valence-corrected chi connectivity index (χ3v) is 9.60. The predicted molar refractivity (Wildman–Crippen MR) is 98.3 cm³/mol. The average molecular weight is 344 g/mol. The summed E-state index contributed by atoms with van der Waals surface area (Å²) in [6.07, 6.45) is 1.81. The largest absolute Gasteiger partial charge is 0.444 e. The van der Waals surface area contributed by atoms with Gasteiger partial charge in [-0.25, -0.2) is 4.79 Å². The topological polar surface area (TPSA) is 38.8 Å². The molecular formula is C18H37NO3Si. The van der Waals surface area contributed by atoms with Crippen LogP contribution in [0.15, 0.2) is 0 Å². The van der Waals surface area contributed by atoms with Gasteiger partial charge in [-0.15, -0.1) is 0 Å². The Kier molecular flexibility index (Phi) is 6.36. The molecule has 1 aliphatic heterocycles. The van der Waals surface area contributed by atoms with Crippen LogP contribution in [-0.4, -0.2) is 44.1 Å². The number of likely N-dealkylation sites (tertiary alicyclic amines) is 1. The fourth-order valence-corrected chi connectivity index (χ4v) is 3.64. The molecule has 0 aromatic rings. The van der Waals surface area contributed by atoms with E-state index in [1.807, 2.05) is 25.7 Å². The van der Waals surface area contributed by atoms with Gasteiger partial charge in [0.1, 0.15) is 5.60 Å². The van der Waals surface area contributed by atoms with Crippen molar-refractivity contribution in [2.75, 3.05) is 13.2 Å². The van der Waals surface area contributed by atoms with Gasteiger partial charge < -0.3 is 14.1 Å². The Morgan fingerprint density at radius 2 is 1.74 bits per heavy atom. The molecular weight excluding hydrogens is 306 g/mol. The minimum atomic E-state index is -1.69. The number of amides is 1. The van der Waals surface area contributed by atoms with Crippen LogP contribution < -0.4 is 0 Å². The van der Waals surface area contributed by atoms with Gasteiger partial charge >= 0.3 is 6.09 Å². The molecule has 0 spiro atoms. The first-order valence-electron chi connectivity index (χ1n) is 8.86. The summed E-state index contributed by atoms with van der Waals surface area (Å²) >= 11 is 0. The molecule has 0 radical (unpaired) electrons. The van der Waals surface area contributed by atoms with E-state index in [-0.39, 0.29) is 17.2 Å². The van der Waals surface area contributed by atoms with Crippen molar-refractivity contribution < 1.29 is 14.0 Å². The fraction of sp³-hybridized carbons (Fsp3) is 0.944. The molecule has 0 aliphatic carbocycles. The van der Waals surface area contributed by atoms with Crippen LogP contribution in [0, 0.1) is 5.92 Å². The Balaban J connectivity index is 2.52. The second-order valence-corrected chi connectivity index (χ2v) is 14.3. The van der Waals surface area contributed by atoms with Gasteiger partial charge in [0, 0.05) is 19.2 Å². The van der Waals surface area contributed by atoms with E-state index in [4.69, 9.17) is 9.16 Å². The van der Waals surface area contributed by atoms with Crippen LogP contribution in [-0.2, 0) is 9.16 Å². The molecule has 0 aromatic carbocycles. The number of piperidine rings is 1. The van der Waals surface area contributed by atoms with E-state index in [0.29, 0.717) is 5.92 Å². The van der Waals surface area contributed by atoms with Crippen LogP contribution in [0.2, 0.25) is 18.1 Å². The first kappa shape index (κ1) is 20.5. The first-order chi connectivity index (χ1) is 10.2. The second-order valence-electron chi connectivity index (χ2n) is 9.48. The maximum absolute atomic E-state index is 12.3. The lowest BCUT2D eigenvalue weighted by molar-refractivity contribution is 0.00401. The molecule has 5 heteroatoms. The Labute approximate surface area is 144 Å². The lowest BCUT2D eigenvalue weighted by Gasteiger charge is -2.41. The van der Waals surface area contributed by atoms with Crippen molar-refractivity contribution in [3.05, 3.63) is 0 Å². The molecule has 1 heterocycles. The van der Waals surface area contributed by atoms with Crippen molar-refractivity contribution in [2.24, 2.45) is 5.92 Å². The van der Waals surface area contributed by atoms with Crippen molar-refractivity contribution in [2.45, 2.75) is 91.1 Å². The zero-order valence-corrected chi connectivity index (χ0v) is 17.7. The summed E-state index contributed by atoms with van der Waals surface area (Å²) < 4.78 is 11.9. The highest BCUT2D eigenvalue weighted by molar-refractivity contribution is 6.74. The first-order valence-corrected chi connectivity index (χ1v) is 11.8. The lowest BCUT2D eigenvalue weighted by atomic mass is 9.93. The SMILES string of the molecule is CC1CC(CO[Si](C)(C)C(C)(C)C)CCN1C(=O)OC(C)(C)C. The minimum absolute atomic E-state index is 0.186. The molecule has 136 valence electrons. The highest BCUT2D eigenvalue weighted by atomic mass is 28.4. The standard InChI is InChI=1S/C18H37NO3Si/c1-14-12-15(13-21-23(8,9)18(5,6)7)10-11-19(14)16(20)22-17(2,3)4/h14-15H,10-13H2,1-9H3. The van der Waals surface area contributed by atoms with Gasteiger partial charge in [-0.05, 0) is 64.6 Å². The summed E-state index contributed by atoms with van der Waals surface area (Å²) in [5.41, 5.74) is -0.431. The Hall–Kier alpha value is -0.553. The number of ether oxygens (including phenoxy) is 1. The molecule has 4 nitrogen and oxygen atoms in total. The number of hydrogen-bond acceptors (Lipinski definition) is 3. The van der Waals surface area contributed by atoms with E-state index in [9.17, 15) is 4.79 Å². The Morgan fingerprint density at radius 1 is 1.17 bits per heavy atom. The second kappa shape index (κ2) is 7.14. The van der Waals surface area contributed by atoms with Crippen molar-refractivity contribution >= 4 is 14.4 Å². The highest BCUT2D eigenvalue weighted by Gasteiger charge is 2.38. The highest BCUT2D eigenvalue weighted by Crippen LogP contribution is 2.37. The molecule has 23 heavy (non-hydrogen) atoms. The van der Waals surface area contributed by atoms with E-state index in [1.54, 1.807) is 0 Å². The van der Waals surface area contributed by atoms with Crippen LogP contribution in [0.25, 0.3) is 0 Å². The number of nitrogens with zero attached hydrogens (tertiary/aromatic N) is 1. The monoisotopic (exact) mass is 343 g/mol. The smallest absolute Gasteiger partial charge is 0.410 e. The molecule has 1 amide bonds. The summed E-state index contributed by atoms with van der Waals surface area (Å²) in [7, 11) is -1.69. The van der Waals surface area contributed by atoms with Gasteiger partial charge in [-0.3, -0.25) is 0 Å². The maximum Gasteiger partial charge on any atom is 0.410 e. The van der Waals surface area contributed by atoms with Gasteiger partial charge in [0.15, 0.2) is 8.32 Å². The third-order valence-electron chi connectivity index (χ3n) is 5.10. The number of carbonyl (C=O) groups excluding carboxylic acids is 1. The van der Waals surface area contributed by atoms with Crippen LogP contribution >= 0.6 is 0 Å². The molecule has 0 aromatic heterocycles. The summed E-state index contributed by atoms with van der Waals surface area (Å²) in [6, 6.07) is 0.214. The van der Waals surface area contributed by atoms with Gasteiger partial charge in [-0.1, -0.05) is 20.8 Å². The molecule has 1 fully saturated rings. The molecule has 1 rings (SSSR count). The third kappa shape index (κ3) is 6.11. The van der Waals surface area contributed by atoms with Gasteiger partial charge in [-0.2, -0.15) is 0 Å². The molecule has 0 N–H and O–H groups in total. The van der Waals surface area contributed by atoms with E-state index in [0.717, 1.165) is 26.0 Å². The van der Waals surface area contributed by atoms with E-state index in [2.05, 4.69) is 40.8 Å². The zero-order chi connectivity index (χ0) is 18.1. The van der Waals surface area contributed by atoms with Crippen molar-refractivity contribution in [3.8, 4) is 0 Å². The zero-order valence-electron chi connectivity index (χ0n) is 16.7. The van der Waals surface area contributed by atoms with Crippen LogP contribution in [0.4, 0.5) is 4.79 Å².